The van der Waals surface area contributed by atoms with Gasteiger partial charge >= 0.3 is 0 Å². The van der Waals surface area contributed by atoms with E-state index in [1.807, 2.05) is 13.1 Å². The third-order valence-corrected chi connectivity index (χ3v) is 1.32. The van der Waals surface area contributed by atoms with Crippen LogP contribution in [-0.2, 0) is 6.54 Å². The van der Waals surface area contributed by atoms with E-state index in [9.17, 15) is 0 Å². The molecule has 0 bridgehead atoms. The lowest BCUT2D eigenvalue weighted by Crippen LogP contribution is -1.96. The highest BCUT2D eigenvalue weighted by Gasteiger charge is 1.92. The minimum Gasteiger partial charge on any atom is -0.334 e. The molecule has 0 unspecified atom stereocenters. The van der Waals surface area contributed by atoms with Gasteiger partial charge in [-0.15, -0.1) is 0 Å². The first-order chi connectivity index (χ1) is 4.34. The molecule has 9 heavy (non-hydrogen) atoms. The van der Waals surface area contributed by atoms with Crippen LogP contribution in [0.4, 0.5) is 0 Å². The van der Waals surface area contributed by atoms with E-state index in [0.717, 1.165) is 18.8 Å². The van der Waals surface area contributed by atoms with Gasteiger partial charge < -0.3 is 4.57 Å². The molecule has 1 aromatic heterocycles. The molecule has 0 saturated carbocycles. The molecule has 0 saturated heterocycles. The van der Waals surface area contributed by atoms with Gasteiger partial charge in [0, 0.05) is 12.7 Å². The number of hydrogen-bond acceptors (Lipinski definition) is 1. The molecule has 0 N–H and O–H groups in total. The summed E-state index contributed by atoms with van der Waals surface area (Å²) in [5, 5.41) is 0. The zero-order valence-electron chi connectivity index (χ0n) is 5.89. The summed E-state index contributed by atoms with van der Waals surface area (Å²) < 4.78 is 2.10. The van der Waals surface area contributed by atoms with Crippen molar-refractivity contribution in [2.75, 3.05) is 0 Å². The fraction of sp³-hybridized carbons (Fsp3) is 0.571. The van der Waals surface area contributed by atoms with Crippen molar-refractivity contribution < 1.29 is 0 Å². The zero-order chi connectivity index (χ0) is 6.69. The maximum absolute atomic E-state index is 3.97. The van der Waals surface area contributed by atoms with Gasteiger partial charge in [0.15, 0.2) is 0 Å². The fourth-order valence-corrected chi connectivity index (χ4v) is 0.817. The summed E-state index contributed by atoms with van der Waals surface area (Å²) >= 11 is 0. The number of hydrogen-bond donors (Lipinski definition) is 0. The monoisotopic (exact) mass is 123 g/mol. The van der Waals surface area contributed by atoms with E-state index in [0.29, 0.717) is 0 Å². The molecule has 0 aliphatic rings. The Balaban J connectivity index is 2.69. The standard InChI is InChI=1S/C7H11N2/c1-3-5-9-6-4-8-7(9)2/h6H,3,5H2,1-2H3. The first-order valence-corrected chi connectivity index (χ1v) is 3.24. The van der Waals surface area contributed by atoms with Crippen LogP contribution in [0.5, 0.6) is 0 Å². The number of nitrogens with zero attached hydrogens (tertiary/aromatic N) is 2. The molecular weight excluding hydrogens is 112 g/mol. The van der Waals surface area contributed by atoms with E-state index >= 15 is 0 Å². The quantitative estimate of drug-likeness (QED) is 0.581. The predicted molar refractivity (Wildman–Crippen MR) is 36.1 cm³/mol. The minimum absolute atomic E-state index is 1.05. The summed E-state index contributed by atoms with van der Waals surface area (Å²) in [4.78, 5) is 3.97. The second-order valence-corrected chi connectivity index (χ2v) is 2.11. The smallest absolute Gasteiger partial charge is 0.109 e. The van der Waals surface area contributed by atoms with Crippen LogP contribution in [0, 0.1) is 13.1 Å². The Morgan fingerprint density at radius 1 is 1.78 bits per heavy atom. The average Bonchev–Trinajstić information content (AvgIpc) is 2.18. The van der Waals surface area contributed by atoms with E-state index < -0.39 is 0 Å². The van der Waals surface area contributed by atoms with E-state index in [1.54, 1.807) is 0 Å². The first kappa shape index (κ1) is 6.33. The number of aromatic nitrogens is 2. The topological polar surface area (TPSA) is 17.8 Å². The van der Waals surface area contributed by atoms with Crippen LogP contribution in [0.15, 0.2) is 6.20 Å². The fourth-order valence-electron chi connectivity index (χ4n) is 0.817. The van der Waals surface area contributed by atoms with E-state index in [4.69, 9.17) is 0 Å². The molecule has 0 atom stereocenters. The predicted octanol–water partition coefficient (Wildman–Crippen LogP) is 1.40. The van der Waals surface area contributed by atoms with E-state index in [-0.39, 0.29) is 0 Å². The molecule has 0 spiro atoms. The van der Waals surface area contributed by atoms with Crippen molar-refractivity contribution in [3.63, 3.8) is 0 Å². The minimum atomic E-state index is 1.05. The van der Waals surface area contributed by atoms with Gasteiger partial charge in [-0.25, -0.2) is 4.98 Å². The molecule has 1 heterocycles. The van der Waals surface area contributed by atoms with Crippen molar-refractivity contribution in [3.05, 3.63) is 18.2 Å². The van der Waals surface area contributed by atoms with Gasteiger partial charge in [0.2, 0.25) is 0 Å². The van der Waals surface area contributed by atoms with Gasteiger partial charge in [-0.1, -0.05) is 6.92 Å². The molecule has 49 valence electrons. The Hall–Kier alpha value is -0.790. The number of imidazole rings is 1. The number of rotatable bonds is 2. The largest absolute Gasteiger partial charge is 0.334 e. The molecule has 1 aromatic rings. The lowest BCUT2D eigenvalue weighted by Gasteiger charge is -1.98. The third kappa shape index (κ3) is 1.31. The highest BCUT2D eigenvalue weighted by molar-refractivity contribution is 4.86. The van der Waals surface area contributed by atoms with Gasteiger partial charge in [-0.2, -0.15) is 0 Å². The Morgan fingerprint density at radius 2 is 2.56 bits per heavy atom. The molecule has 1 rings (SSSR count). The second-order valence-electron chi connectivity index (χ2n) is 2.11. The molecular formula is C7H11N2. The first-order valence-electron chi connectivity index (χ1n) is 3.24. The SMILES string of the molecule is CCCn1c[c]nc1C. The van der Waals surface area contributed by atoms with Gasteiger partial charge in [-0.05, 0) is 13.3 Å². The van der Waals surface area contributed by atoms with Crippen LogP contribution >= 0.6 is 0 Å². The van der Waals surface area contributed by atoms with Gasteiger partial charge in [0.05, 0.1) is 0 Å². The van der Waals surface area contributed by atoms with Crippen LogP contribution in [0.2, 0.25) is 0 Å². The molecule has 0 aliphatic carbocycles. The van der Waals surface area contributed by atoms with Gasteiger partial charge in [-0.3, -0.25) is 0 Å². The zero-order valence-corrected chi connectivity index (χ0v) is 5.89. The van der Waals surface area contributed by atoms with Crippen molar-refractivity contribution in [1.82, 2.24) is 9.55 Å². The van der Waals surface area contributed by atoms with Crippen LogP contribution in [0.3, 0.4) is 0 Å². The summed E-state index contributed by atoms with van der Waals surface area (Å²) in [7, 11) is 0. The van der Waals surface area contributed by atoms with Crippen LogP contribution in [0.1, 0.15) is 19.2 Å². The summed E-state index contributed by atoms with van der Waals surface area (Å²) in [5.74, 6) is 1.05. The molecule has 0 aromatic carbocycles. The highest BCUT2D eigenvalue weighted by atomic mass is 15.0. The Labute approximate surface area is 55.5 Å². The molecule has 0 amide bonds. The van der Waals surface area contributed by atoms with Gasteiger partial charge in [0.1, 0.15) is 12.0 Å². The summed E-state index contributed by atoms with van der Waals surface area (Å²) in [6.45, 7) is 5.20. The Kier molecular flexibility index (Phi) is 1.88. The van der Waals surface area contributed by atoms with E-state index in [2.05, 4.69) is 22.7 Å². The molecule has 2 nitrogen and oxygen atoms in total. The molecule has 0 fully saturated rings. The van der Waals surface area contributed by atoms with Crippen molar-refractivity contribution in [2.45, 2.75) is 26.8 Å². The molecule has 0 aliphatic heterocycles. The highest BCUT2D eigenvalue weighted by Crippen LogP contribution is 1.94. The van der Waals surface area contributed by atoms with Crippen molar-refractivity contribution in [3.8, 4) is 0 Å². The van der Waals surface area contributed by atoms with Crippen molar-refractivity contribution >= 4 is 0 Å². The number of aryl methyl sites for hydroxylation is 2. The van der Waals surface area contributed by atoms with Crippen molar-refractivity contribution in [2.24, 2.45) is 0 Å². The summed E-state index contributed by atoms with van der Waals surface area (Å²) in [5.41, 5.74) is 0. The van der Waals surface area contributed by atoms with Gasteiger partial charge in [0.25, 0.3) is 0 Å². The maximum Gasteiger partial charge on any atom is 0.109 e. The lowest BCUT2D eigenvalue weighted by atomic mass is 10.5. The summed E-state index contributed by atoms with van der Waals surface area (Å²) in [6.07, 6.45) is 5.84. The van der Waals surface area contributed by atoms with Crippen LogP contribution in [-0.4, -0.2) is 9.55 Å². The van der Waals surface area contributed by atoms with Crippen LogP contribution < -0.4 is 0 Å². The second kappa shape index (κ2) is 2.67. The average molecular weight is 123 g/mol. The van der Waals surface area contributed by atoms with Crippen LogP contribution in [0.25, 0.3) is 0 Å². The van der Waals surface area contributed by atoms with Crippen molar-refractivity contribution in [1.29, 1.82) is 0 Å². The Morgan fingerprint density at radius 3 is 3.00 bits per heavy atom. The van der Waals surface area contributed by atoms with E-state index in [1.165, 1.54) is 0 Å². The Bertz CT molecular complexity index is 179. The summed E-state index contributed by atoms with van der Waals surface area (Å²) in [6, 6.07) is 0. The molecule has 2 heteroatoms. The third-order valence-electron chi connectivity index (χ3n) is 1.32. The normalized spacial score (nSPS) is 10.0. The lowest BCUT2D eigenvalue weighted by molar-refractivity contribution is 0.658. The maximum atomic E-state index is 3.97. The molecule has 1 radical (unpaired) electrons.